The standard InChI is InChI=1S/C60H42N2/c1-4-16-43(17-5-1)45-30-32-46(33-31-45)48-36-40-53(41-37-48)61(52-38-34-47(35-39-52)44-18-6-2-7-19-44)57-27-12-10-24-54(57)49-20-14-21-50(42-49)55-26-15-29-59-60(55)56-25-11-13-28-58(56)62(59)51-22-8-3-9-23-51/h1-42H/i34D,35D,36D,37D,38D,39D,40D,41D. The number of nitrogens with zero attached hydrogens (tertiary/aromatic N) is 2. The maximum Gasteiger partial charge on any atom is 0.0645 e. The van der Waals surface area contributed by atoms with Crippen molar-refractivity contribution in [2.24, 2.45) is 0 Å². The van der Waals surface area contributed by atoms with Gasteiger partial charge in [0, 0.05) is 33.4 Å². The average molecular weight is 799 g/mol. The van der Waals surface area contributed by atoms with E-state index >= 15 is 0 Å². The van der Waals surface area contributed by atoms with E-state index in [1.165, 1.54) is 4.90 Å². The van der Waals surface area contributed by atoms with E-state index in [2.05, 4.69) is 59.2 Å². The van der Waals surface area contributed by atoms with Gasteiger partial charge in [0.1, 0.15) is 0 Å². The maximum atomic E-state index is 9.73. The molecule has 0 N–H and O–H groups in total. The third-order valence-electron chi connectivity index (χ3n) is 11.4. The molecule has 0 fully saturated rings. The van der Waals surface area contributed by atoms with Gasteiger partial charge < -0.3 is 9.47 Å². The molecule has 0 unspecified atom stereocenters. The molecule has 0 aliphatic carbocycles. The lowest BCUT2D eigenvalue weighted by atomic mass is 9.94. The van der Waals surface area contributed by atoms with Crippen molar-refractivity contribution < 1.29 is 11.0 Å². The van der Waals surface area contributed by atoms with Crippen molar-refractivity contribution in [3.63, 3.8) is 0 Å². The monoisotopic (exact) mass is 798 g/mol. The normalized spacial score (nSPS) is 13.0. The molecule has 2 heteroatoms. The van der Waals surface area contributed by atoms with Crippen LogP contribution in [0.5, 0.6) is 0 Å². The summed E-state index contributed by atoms with van der Waals surface area (Å²) < 4.78 is 78.8. The zero-order valence-electron chi connectivity index (χ0n) is 41.5. The Balaban J connectivity index is 1.13. The van der Waals surface area contributed by atoms with Gasteiger partial charge in [-0.3, -0.25) is 0 Å². The Hall–Kier alpha value is -8.20. The lowest BCUT2D eigenvalue weighted by Crippen LogP contribution is -2.11. The van der Waals surface area contributed by atoms with E-state index in [0.717, 1.165) is 55.3 Å². The number of anilines is 3. The van der Waals surface area contributed by atoms with Crippen LogP contribution in [0.15, 0.2) is 255 Å². The number of hydrogen-bond acceptors (Lipinski definition) is 1. The second kappa shape index (κ2) is 16.1. The third kappa shape index (κ3) is 6.84. The maximum absolute atomic E-state index is 9.73. The third-order valence-corrected chi connectivity index (χ3v) is 11.4. The van der Waals surface area contributed by atoms with Gasteiger partial charge in [-0.25, -0.2) is 0 Å². The molecule has 292 valence electrons. The summed E-state index contributed by atoms with van der Waals surface area (Å²) in [6.07, 6.45) is 0. The molecule has 0 saturated carbocycles. The van der Waals surface area contributed by atoms with Crippen molar-refractivity contribution >= 4 is 38.9 Å². The number of hydrogen-bond donors (Lipinski definition) is 0. The Bertz CT molecular complexity index is 3740. The van der Waals surface area contributed by atoms with Crippen molar-refractivity contribution in [1.29, 1.82) is 0 Å². The second-order valence-corrected chi connectivity index (χ2v) is 15.1. The van der Waals surface area contributed by atoms with Gasteiger partial charge in [0.2, 0.25) is 0 Å². The fraction of sp³-hybridized carbons (Fsp3) is 0. The van der Waals surface area contributed by atoms with Crippen LogP contribution in [0.4, 0.5) is 17.1 Å². The first-order valence-electron chi connectivity index (χ1n) is 24.6. The Morgan fingerprint density at radius 1 is 0.323 bits per heavy atom. The van der Waals surface area contributed by atoms with Gasteiger partial charge in [0.15, 0.2) is 0 Å². The first-order valence-corrected chi connectivity index (χ1v) is 20.6. The fourth-order valence-corrected chi connectivity index (χ4v) is 8.42. The Morgan fingerprint density at radius 3 is 1.40 bits per heavy atom. The van der Waals surface area contributed by atoms with Gasteiger partial charge in [-0.1, -0.05) is 194 Å². The topological polar surface area (TPSA) is 8.17 Å². The van der Waals surface area contributed by atoms with Gasteiger partial charge in [-0.05, 0) is 111 Å². The first-order chi connectivity index (χ1) is 34.1. The van der Waals surface area contributed by atoms with E-state index in [1.807, 2.05) is 103 Å². The van der Waals surface area contributed by atoms with E-state index in [0.29, 0.717) is 22.4 Å². The molecular weight excluding hydrogens is 749 g/mol. The van der Waals surface area contributed by atoms with E-state index in [-0.39, 0.29) is 46.7 Å². The molecule has 0 atom stereocenters. The molecule has 0 aliphatic rings. The molecule has 0 aliphatic heterocycles. The van der Waals surface area contributed by atoms with E-state index in [4.69, 9.17) is 0 Å². The quantitative estimate of drug-likeness (QED) is 0.141. The van der Waals surface area contributed by atoms with Crippen molar-refractivity contribution in [1.82, 2.24) is 4.57 Å². The van der Waals surface area contributed by atoms with Crippen molar-refractivity contribution in [3.8, 4) is 61.3 Å². The van der Waals surface area contributed by atoms with Crippen LogP contribution in [0.2, 0.25) is 0 Å². The SMILES string of the molecule is [2H]c1c([2H])c(N(c2ccccc2-c2cccc(-c3cccc4c3c3ccccc3n4-c3ccccc3)c2)c2c([2H])c([2H])c(-c3ccc(-c4ccccc4)cc3)c([2H])c2[2H])c([2H])c([2H])c1-c1ccccc1. The molecule has 1 heterocycles. The molecule has 2 nitrogen and oxygen atoms in total. The Labute approximate surface area is 374 Å². The summed E-state index contributed by atoms with van der Waals surface area (Å²) in [5.41, 5.74) is 9.47. The summed E-state index contributed by atoms with van der Waals surface area (Å²) >= 11 is 0. The highest BCUT2D eigenvalue weighted by molar-refractivity contribution is 6.16. The van der Waals surface area contributed by atoms with Crippen LogP contribution >= 0.6 is 0 Å². The predicted molar refractivity (Wildman–Crippen MR) is 263 cm³/mol. The number of fused-ring (bicyclic) bond motifs is 3. The Kier molecular flexibility index (Phi) is 7.56. The van der Waals surface area contributed by atoms with E-state index in [1.54, 1.807) is 48.5 Å². The van der Waals surface area contributed by atoms with Gasteiger partial charge in [0.25, 0.3) is 0 Å². The molecule has 11 rings (SSSR count). The summed E-state index contributed by atoms with van der Waals surface area (Å²) in [6, 6.07) is 63.5. The average Bonchev–Trinajstić information content (AvgIpc) is 3.75. The van der Waals surface area contributed by atoms with Crippen LogP contribution in [0.1, 0.15) is 11.0 Å². The van der Waals surface area contributed by atoms with Crippen LogP contribution in [0.3, 0.4) is 0 Å². The molecule has 0 amide bonds. The molecule has 0 saturated heterocycles. The van der Waals surface area contributed by atoms with Crippen LogP contribution < -0.4 is 4.90 Å². The summed E-state index contributed by atoms with van der Waals surface area (Å²) in [5.74, 6) is 0. The minimum atomic E-state index is -0.405. The smallest absolute Gasteiger partial charge is 0.0645 e. The Morgan fingerprint density at radius 2 is 0.758 bits per heavy atom. The summed E-state index contributed by atoms with van der Waals surface area (Å²) in [5, 5.41) is 2.17. The van der Waals surface area contributed by atoms with Gasteiger partial charge in [-0.15, -0.1) is 0 Å². The largest absolute Gasteiger partial charge is 0.310 e. The molecule has 11 aromatic rings. The highest BCUT2D eigenvalue weighted by Crippen LogP contribution is 2.44. The first kappa shape index (κ1) is 29.1. The number of benzene rings is 10. The molecule has 0 bridgehead atoms. The van der Waals surface area contributed by atoms with Gasteiger partial charge >= 0.3 is 0 Å². The van der Waals surface area contributed by atoms with E-state index < -0.39 is 24.2 Å². The zero-order valence-corrected chi connectivity index (χ0v) is 33.5. The lowest BCUT2D eigenvalue weighted by molar-refractivity contribution is 1.18. The van der Waals surface area contributed by atoms with Crippen LogP contribution in [-0.2, 0) is 0 Å². The van der Waals surface area contributed by atoms with Crippen molar-refractivity contribution in [3.05, 3.63) is 255 Å². The second-order valence-electron chi connectivity index (χ2n) is 15.1. The molecular formula is C60H42N2. The molecule has 0 spiro atoms. The minimum absolute atomic E-state index is 0.0982. The summed E-state index contributed by atoms with van der Waals surface area (Å²) in [7, 11) is 0. The predicted octanol–water partition coefficient (Wildman–Crippen LogP) is 16.6. The number of para-hydroxylation sites is 3. The number of rotatable bonds is 9. The van der Waals surface area contributed by atoms with E-state index in [9.17, 15) is 11.0 Å². The lowest BCUT2D eigenvalue weighted by Gasteiger charge is -2.28. The summed E-state index contributed by atoms with van der Waals surface area (Å²) in [4.78, 5) is 1.40. The molecule has 1 aromatic heterocycles. The van der Waals surface area contributed by atoms with Crippen molar-refractivity contribution in [2.45, 2.75) is 0 Å². The molecule has 0 radical (unpaired) electrons. The highest BCUT2D eigenvalue weighted by atomic mass is 15.1. The number of aromatic nitrogens is 1. The van der Waals surface area contributed by atoms with Gasteiger partial charge in [0.05, 0.1) is 27.7 Å². The molecule has 62 heavy (non-hydrogen) atoms. The van der Waals surface area contributed by atoms with Crippen LogP contribution in [0.25, 0.3) is 83.1 Å². The van der Waals surface area contributed by atoms with Crippen LogP contribution in [-0.4, -0.2) is 4.57 Å². The van der Waals surface area contributed by atoms with Crippen LogP contribution in [0, 0.1) is 0 Å². The summed E-state index contributed by atoms with van der Waals surface area (Å²) in [6.45, 7) is 0. The van der Waals surface area contributed by atoms with Gasteiger partial charge in [-0.2, -0.15) is 0 Å². The van der Waals surface area contributed by atoms with Crippen molar-refractivity contribution in [2.75, 3.05) is 4.90 Å². The zero-order chi connectivity index (χ0) is 48.2. The molecule has 10 aromatic carbocycles. The minimum Gasteiger partial charge on any atom is -0.310 e. The fourth-order valence-electron chi connectivity index (χ4n) is 8.42. The highest BCUT2D eigenvalue weighted by Gasteiger charge is 2.20.